The van der Waals surface area contributed by atoms with E-state index < -0.39 is 0 Å². The number of carbonyl (C=O) groups excluding carboxylic acids is 1. The van der Waals surface area contributed by atoms with E-state index in [4.69, 9.17) is 4.74 Å². The number of carbonyl (C=O) groups is 1. The molecule has 6 rings (SSSR count). The second kappa shape index (κ2) is 11.2. The molecule has 0 aliphatic heterocycles. The zero-order chi connectivity index (χ0) is 28.4. The third kappa shape index (κ3) is 5.36. The number of ether oxygens (including phenoxy) is 1. The van der Waals surface area contributed by atoms with E-state index in [2.05, 4.69) is 40.9 Å². The van der Waals surface area contributed by atoms with E-state index in [1.54, 1.807) is 19.2 Å². The Balaban J connectivity index is 1.20. The number of para-hydroxylation sites is 1. The van der Waals surface area contributed by atoms with Gasteiger partial charge in [-0.3, -0.25) is 0 Å². The number of nitrogens with one attached hydrogen (secondary N) is 2. The van der Waals surface area contributed by atoms with Crippen LogP contribution in [0.25, 0.3) is 11.8 Å². The highest BCUT2D eigenvalue weighted by Gasteiger charge is 2.46. The number of nitrogens with zero attached hydrogens (tertiary/aromatic N) is 2. The molecule has 1 aromatic heterocycles. The van der Waals surface area contributed by atoms with Crippen molar-refractivity contribution in [2.75, 3.05) is 7.11 Å². The third-order valence-corrected chi connectivity index (χ3v) is 8.88. The fourth-order valence-electron chi connectivity index (χ4n) is 6.58. The molecule has 3 aromatic carbocycles. The fourth-order valence-corrected chi connectivity index (χ4v) is 6.58. The number of hydrogen-bond acceptors (Lipinski definition) is 3. The zero-order valence-electron chi connectivity index (χ0n) is 23.4. The number of benzene rings is 3. The van der Waals surface area contributed by atoms with Crippen molar-refractivity contribution >= 4 is 12.1 Å². The number of allylic oxidation sites excluding steroid dienone is 1. The summed E-state index contributed by atoms with van der Waals surface area (Å²) >= 11 is 0. The minimum Gasteiger partial charge on any atom is -0.496 e. The Morgan fingerprint density at radius 3 is 2.63 bits per heavy atom. The van der Waals surface area contributed by atoms with E-state index in [0.717, 1.165) is 53.9 Å². The average Bonchev–Trinajstić information content (AvgIpc) is 3.54. The van der Waals surface area contributed by atoms with Gasteiger partial charge in [-0.15, -0.1) is 0 Å². The quantitative estimate of drug-likeness (QED) is 0.248. The van der Waals surface area contributed by atoms with Crippen molar-refractivity contribution in [1.29, 1.82) is 0 Å². The minimum absolute atomic E-state index is 0.0216. The van der Waals surface area contributed by atoms with Crippen molar-refractivity contribution in [3.8, 4) is 11.4 Å². The topological polar surface area (TPSA) is 68.2 Å². The standard InChI is InChI=1S/C34H35FN4O2/c1-34-20-25-22-37-39(29-16-14-28(35)15-17-29)31(25)19-27(34)13-12-26(34)18-30(23-8-4-3-5-9-23)38-33(40)36-21-24-10-6-7-11-32(24)41-2/h3-11,14-17,19,22,26,30H,12-13,18,20-21H2,1-2H3,(H2,36,38,40)/t26-,30?,34-/m1/s1. The molecule has 1 fully saturated rings. The first kappa shape index (κ1) is 26.8. The zero-order valence-corrected chi connectivity index (χ0v) is 23.4. The molecule has 41 heavy (non-hydrogen) atoms. The smallest absolute Gasteiger partial charge is 0.315 e. The van der Waals surface area contributed by atoms with Crippen LogP contribution in [0.4, 0.5) is 9.18 Å². The molecule has 0 spiro atoms. The van der Waals surface area contributed by atoms with Crippen LogP contribution < -0.4 is 15.4 Å². The van der Waals surface area contributed by atoms with Gasteiger partial charge in [-0.25, -0.2) is 13.9 Å². The summed E-state index contributed by atoms with van der Waals surface area (Å²) in [5.74, 6) is 0.884. The monoisotopic (exact) mass is 550 g/mol. The Bertz CT molecular complexity index is 1560. The van der Waals surface area contributed by atoms with E-state index in [1.165, 1.54) is 23.3 Å². The first-order valence-electron chi connectivity index (χ1n) is 14.2. The summed E-state index contributed by atoms with van der Waals surface area (Å²) < 4.78 is 20.9. The molecule has 7 heteroatoms. The lowest BCUT2D eigenvalue weighted by Crippen LogP contribution is -2.39. The summed E-state index contributed by atoms with van der Waals surface area (Å²) in [6.45, 7) is 2.74. The van der Waals surface area contributed by atoms with Crippen molar-refractivity contribution in [3.63, 3.8) is 0 Å². The maximum absolute atomic E-state index is 13.5. The van der Waals surface area contributed by atoms with Crippen LogP contribution in [0.1, 0.15) is 54.6 Å². The van der Waals surface area contributed by atoms with Crippen LogP contribution in [-0.4, -0.2) is 22.9 Å². The van der Waals surface area contributed by atoms with Crippen molar-refractivity contribution < 1.29 is 13.9 Å². The van der Waals surface area contributed by atoms with Gasteiger partial charge in [0.1, 0.15) is 11.6 Å². The van der Waals surface area contributed by atoms with Crippen LogP contribution in [0.3, 0.4) is 0 Å². The molecule has 1 saturated carbocycles. The molecule has 1 unspecified atom stereocenters. The minimum atomic E-state index is -0.255. The fraction of sp³-hybridized carbons (Fsp3) is 0.294. The van der Waals surface area contributed by atoms with Crippen LogP contribution in [-0.2, 0) is 13.0 Å². The van der Waals surface area contributed by atoms with Crippen LogP contribution >= 0.6 is 0 Å². The summed E-state index contributed by atoms with van der Waals surface area (Å²) in [6.07, 6.45) is 8.04. The van der Waals surface area contributed by atoms with E-state index in [1.807, 2.05) is 53.3 Å². The highest BCUT2D eigenvalue weighted by molar-refractivity contribution is 5.74. The molecular weight excluding hydrogens is 515 g/mol. The van der Waals surface area contributed by atoms with Gasteiger partial charge in [-0.2, -0.15) is 5.10 Å². The molecule has 3 atom stereocenters. The summed E-state index contributed by atoms with van der Waals surface area (Å²) in [5.41, 5.74) is 6.57. The summed E-state index contributed by atoms with van der Waals surface area (Å²) in [5, 5.41) is 11.0. The van der Waals surface area contributed by atoms with Crippen molar-refractivity contribution in [2.45, 2.75) is 45.2 Å². The van der Waals surface area contributed by atoms with Crippen molar-refractivity contribution in [2.24, 2.45) is 11.3 Å². The normalized spacial score (nSPS) is 20.0. The lowest BCUT2D eigenvalue weighted by Gasteiger charge is -2.37. The summed E-state index contributed by atoms with van der Waals surface area (Å²) in [4.78, 5) is 13.1. The Kier molecular flexibility index (Phi) is 7.35. The van der Waals surface area contributed by atoms with Crippen LogP contribution in [0.5, 0.6) is 5.75 Å². The Morgan fingerprint density at radius 2 is 1.85 bits per heavy atom. The number of aromatic nitrogens is 2. The number of urea groups is 1. The van der Waals surface area contributed by atoms with E-state index >= 15 is 0 Å². The second-order valence-corrected chi connectivity index (χ2v) is 11.3. The highest BCUT2D eigenvalue weighted by atomic mass is 19.1. The molecule has 210 valence electrons. The van der Waals surface area contributed by atoms with Crippen molar-refractivity contribution in [3.05, 3.63) is 119 Å². The number of amides is 2. The molecule has 2 aliphatic rings. The van der Waals surface area contributed by atoms with E-state index in [9.17, 15) is 9.18 Å². The Morgan fingerprint density at radius 1 is 1.10 bits per heavy atom. The summed E-state index contributed by atoms with van der Waals surface area (Å²) in [7, 11) is 1.64. The van der Waals surface area contributed by atoms with Gasteiger partial charge in [0, 0.05) is 12.1 Å². The Labute approximate surface area is 240 Å². The molecule has 2 N–H and O–H groups in total. The summed E-state index contributed by atoms with van der Waals surface area (Å²) in [6, 6.07) is 24.1. The maximum Gasteiger partial charge on any atom is 0.315 e. The van der Waals surface area contributed by atoms with Gasteiger partial charge < -0.3 is 15.4 Å². The van der Waals surface area contributed by atoms with Crippen LogP contribution in [0, 0.1) is 17.2 Å². The average molecular weight is 551 g/mol. The number of fused-ring (bicyclic) bond motifs is 2. The molecule has 0 bridgehead atoms. The molecule has 1 heterocycles. The maximum atomic E-state index is 13.5. The number of hydrogen-bond donors (Lipinski definition) is 2. The van der Waals surface area contributed by atoms with Gasteiger partial charge in [0.2, 0.25) is 0 Å². The third-order valence-electron chi connectivity index (χ3n) is 8.88. The number of halogens is 1. The van der Waals surface area contributed by atoms with E-state index in [0.29, 0.717) is 12.5 Å². The first-order chi connectivity index (χ1) is 19.9. The molecule has 4 aromatic rings. The van der Waals surface area contributed by atoms with Gasteiger partial charge in [0.25, 0.3) is 0 Å². The van der Waals surface area contributed by atoms with Gasteiger partial charge in [0.05, 0.1) is 30.7 Å². The van der Waals surface area contributed by atoms with Crippen LogP contribution in [0.15, 0.2) is 90.6 Å². The largest absolute Gasteiger partial charge is 0.496 e. The van der Waals surface area contributed by atoms with Gasteiger partial charge in [0.15, 0.2) is 0 Å². The van der Waals surface area contributed by atoms with Crippen LogP contribution in [0.2, 0.25) is 0 Å². The molecule has 0 saturated heterocycles. The van der Waals surface area contributed by atoms with E-state index in [-0.39, 0.29) is 23.3 Å². The molecular formula is C34H35FN4O2. The van der Waals surface area contributed by atoms with Gasteiger partial charge in [-0.1, -0.05) is 61.0 Å². The number of rotatable bonds is 8. The first-order valence-corrected chi connectivity index (χ1v) is 14.2. The predicted molar refractivity (Wildman–Crippen MR) is 158 cm³/mol. The molecule has 0 radical (unpaired) electrons. The van der Waals surface area contributed by atoms with Gasteiger partial charge >= 0.3 is 6.03 Å². The number of methoxy groups -OCH3 is 1. The molecule has 2 aliphatic carbocycles. The predicted octanol–water partition coefficient (Wildman–Crippen LogP) is 7.01. The Hall–Kier alpha value is -4.39. The lowest BCUT2D eigenvalue weighted by molar-refractivity contribution is 0.215. The molecule has 2 amide bonds. The SMILES string of the molecule is COc1ccccc1CNC(=O)NC(C[C@H]1CCC2=Cc3c(cnn3-c3ccc(F)cc3)C[C@@]21C)c1ccccc1. The van der Waals surface area contributed by atoms with Gasteiger partial charge in [-0.05, 0) is 84.6 Å². The second-order valence-electron chi connectivity index (χ2n) is 11.3. The lowest BCUT2D eigenvalue weighted by atomic mass is 9.68. The highest BCUT2D eigenvalue weighted by Crippen LogP contribution is 2.55. The molecule has 6 nitrogen and oxygen atoms in total. The van der Waals surface area contributed by atoms with Crippen molar-refractivity contribution in [1.82, 2.24) is 20.4 Å².